The number of halogens is 1. The van der Waals surface area contributed by atoms with Crippen LogP contribution < -0.4 is 14.4 Å². The molecule has 2 aliphatic rings. The first kappa shape index (κ1) is 26.4. The van der Waals surface area contributed by atoms with Crippen molar-refractivity contribution >= 4 is 57.3 Å². The van der Waals surface area contributed by atoms with Gasteiger partial charge in [-0.1, -0.05) is 76.7 Å². The zero-order chi connectivity index (χ0) is 27.8. The number of hydrogen-bond acceptors (Lipinski definition) is 9. The lowest BCUT2D eigenvalue weighted by atomic mass is 9.95. The fourth-order valence-corrected chi connectivity index (χ4v) is 6.47. The standard InChI is InChI=1S/C29H22ClN3O5S2/c1-16-2-4-17(5-3-16)15-39-29-32-31-28(40-29)33-24(18-6-9-20(30)10-7-18)23(26(35)27(33)36)25(34)19-8-11-21-22(14-19)38-13-12-37-21/h2-11,14,24,34H,12-13,15H2,1H3/b25-23+. The van der Waals surface area contributed by atoms with Crippen molar-refractivity contribution in [2.24, 2.45) is 0 Å². The molecule has 2 aliphatic heterocycles. The first-order valence-corrected chi connectivity index (χ1v) is 14.6. The molecular weight excluding hydrogens is 570 g/mol. The molecule has 1 fully saturated rings. The van der Waals surface area contributed by atoms with E-state index < -0.39 is 17.7 Å². The van der Waals surface area contributed by atoms with Gasteiger partial charge < -0.3 is 14.6 Å². The first-order valence-electron chi connectivity index (χ1n) is 12.4. The maximum Gasteiger partial charge on any atom is 0.301 e. The summed E-state index contributed by atoms with van der Waals surface area (Å²) in [6.07, 6.45) is 0. The van der Waals surface area contributed by atoms with Crippen molar-refractivity contribution in [3.8, 4) is 11.5 Å². The van der Waals surface area contributed by atoms with E-state index in [1.807, 2.05) is 6.92 Å². The number of benzene rings is 3. The second-order valence-corrected chi connectivity index (χ2v) is 11.8. The van der Waals surface area contributed by atoms with E-state index in [1.165, 1.54) is 33.6 Å². The summed E-state index contributed by atoms with van der Waals surface area (Å²) in [5, 5.41) is 20.7. The lowest BCUT2D eigenvalue weighted by Crippen LogP contribution is -2.29. The van der Waals surface area contributed by atoms with Gasteiger partial charge in [0.05, 0.1) is 11.6 Å². The van der Waals surface area contributed by atoms with Crippen LogP contribution >= 0.6 is 34.7 Å². The van der Waals surface area contributed by atoms with Crippen molar-refractivity contribution in [1.29, 1.82) is 0 Å². The Morgan fingerprint density at radius 1 is 1.02 bits per heavy atom. The van der Waals surface area contributed by atoms with Crippen molar-refractivity contribution in [3.05, 3.63) is 99.6 Å². The number of fused-ring (bicyclic) bond motifs is 1. The molecule has 0 aliphatic carbocycles. The molecule has 40 heavy (non-hydrogen) atoms. The molecule has 8 nitrogen and oxygen atoms in total. The zero-order valence-corrected chi connectivity index (χ0v) is 23.6. The van der Waals surface area contributed by atoms with E-state index in [0.29, 0.717) is 51.0 Å². The molecule has 0 radical (unpaired) electrons. The number of anilines is 1. The Balaban J connectivity index is 1.38. The van der Waals surface area contributed by atoms with Gasteiger partial charge in [0.1, 0.15) is 19.0 Å². The predicted octanol–water partition coefficient (Wildman–Crippen LogP) is 6.19. The SMILES string of the molecule is Cc1ccc(CSc2nnc(N3C(=O)C(=O)/C(=C(/O)c4ccc5c(c4)OCCO5)C3c3ccc(Cl)cc3)s2)cc1. The maximum absolute atomic E-state index is 13.4. The highest BCUT2D eigenvalue weighted by Gasteiger charge is 2.48. The number of aliphatic hydroxyl groups excluding tert-OH is 1. The molecular formula is C29H22ClN3O5S2. The van der Waals surface area contributed by atoms with Gasteiger partial charge in [-0.3, -0.25) is 14.5 Å². The van der Waals surface area contributed by atoms with Crippen LogP contribution in [0.5, 0.6) is 11.5 Å². The topological polar surface area (TPSA) is 102 Å². The van der Waals surface area contributed by atoms with E-state index >= 15 is 0 Å². The fraction of sp³-hybridized carbons (Fsp3) is 0.172. The Morgan fingerprint density at radius 2 is 1.75 bits per heavy atom. The first-order chi connectivity index (χ1) is 19.4. The van der Waals surface area contributed by atoms with Crippen LogP contribution in [-0.2, 0) is 15.3 Å². The summed E-state index contributed by atoms with van der Waals surface area (Å²) in [5.41, 5.74) is 3.17. The Morgan fingerprint density at radius 3 is 2.50 bits per heavy atom. The van der Waals surface area contributed by atoms with Gasteiger partial charge in [0.25, 0.3) is 5.78 Å². The molecule has 202 valence electrons. The maximum atomic E-state index is 13.4. The molecule has 1 atom stereocenters. The molecule has 1 unspecified atom stereocenters. The summed E-state index contributed by atoms with van der Waals surface area (Å²) in [6, 6.07) is 18.9. The second kappa shape index (κ2) is 11.0. The molecule has 0 spiro atoms. The van der Waals surface area contributed by atoms with Gasteiger partial charge in [0.2, 0.25) is 5.13 Å². The van der Waals surface area contributed by atoms with Crippen LogP contribution in [-0.4, -0.2) is 40.2 Å². The van der Waals surface area contributed by atoms with Crippen LogP contribution in [0.3, 0.4) is 0 Å². The Labute approximate surface area is 243 Å². The number of thioether (sulfide) groups is 1. The normalized spacial score (nSPS) is 17.9. The van der Waals surface area contributed by atoms with Gasteiger partial charge in [-0.25, -0.2) is 0 Å². The average Bonchev–Trinajstić information content (AvgIpc) is 3.54. The number of ketones is 1. The minimum atomic E-state index is -0.937. The van der Waals surface area contributed by atoms with Crippen LogP contribution in [0.2, 0.25) is 5.02 Å². The molecule has 1 N–H and O–H groups in total. The summed E-state index contributed by atoms with van der Waals surface area (Å²) >= 11 is 8.84. The minimum Gasteiger partial charge on any atom is -0.507 e. The van der Waals surface area contributed by atoms with Gasteiger partial charge in [-0.2, -0.15) is 0 Å². The second-order valence-electron chi connectivity index (χ2n) is 9.20. The zero-order valence-electron chi connectivity index (χ0n) is 21.2. The number of aromatic nitrogens is 2. The highest BCUT2D eigenvalue weighted by Crippen LogP contribution is 2.45. The predicted molar refractivity (Wildman–Crippen MR) is 154 cm³/mol. The Bertz CT molecular complexity index is 1640. The molecule has 4 aromatic rings. The van der Waals surface area contributed by atoms with Crippen molar-refractivity contribution < 1.29 is 24.2 Å². The largest absolute Gasteiger partial charge is 0.507 e. The van der Waals surface area contributed by atoms with E-state index in [-0.39, 0.29) is 16.5 Å². The number of carbonyl (C=O) groups excluding carboxylic acids is 2. The van der Waals surface area contributed by atoms with Crippen molar-refractivity contribution in [3.63, 3.8) is 0 Å². The Hall–Kier alpha value is -3.86. The van der Waals surface area contributed by atoms with Gasteiger partial charge in [0.15, 0.2) is 15.8 Å². The number of hydrogen-bond donors (Lipinski definition) is 1. The molecule has 0 bridgehead atoms. The van der Waals surface area contributed by atoms with Crippen molar-refractivity contribution in [2.75, 3.05) is 18.1 Å². The van der Waals surface area contributed by atoms with Crippen molar-refractivity contribution in [2.45, 2.75) is 23.1 Å². The van der Waals surface area contributed by atoms with Crippen LogP contribution in [0.25, 0.3) is 5.76 Å². The number of rotatable bonds is 6. The van der Waals surface area contributed by atoms with Gasteiger partial charge in [-0.15, -0.1) is 10.2 Å². The molecule has 11 heteroatoms. The molecule has 3 aromatic carbocycles. The smallest absolute Gasteiger partial charge is 0.301 e. The number of nitrogens with zero attached hydrogens (tertiary/aromatic N) is 3. The summed E-state index contributed by atoms with van der Waals surface area (Å²) in [4.78, 5) is 28.2. The molecule has 6 rings (SSSR count). The van der Waals surface area contributed by atoms with E-state index in [0.717, 1.165) is 5.56 Å². The van der Waals surface area contributed by atoms with E-state index in [9.17, 15) is 14.7 Å². The number of aryl methyl sites for hydroxylation is 1. The summed E-state index contributed by atoms with van der Waals surface area (Å²) < 4.78 is 11.9. The van der Waals surface area contributed by atoms with Gasteiger partial charge in [0, 0.05) is 16.3 Å². The average molecular weight is 592 g/mol. The van der Waals surface area contributed by atoms with E-state index in [4.69, 9.17) is 21.1 Å². The molecule has 0 saturated carbocycles. The lowest BCUT2D eigenvalue weighted by molar-refractivity contribution is -0.132. The van der Waals surface area contributed by atoms with E-state index in [1.54, 1.807) is 42.5 Å². The summed E-state index contributed by atoms with van der Waals surface area (Å²) in [6.45, 7) is 2.83. The van der Waals surface area contributed by atoms with Crippen LogP contribution in [0, 0.1) is 6.92 Å². The molecule has 1 saturated heterocycles. The summed E-state index contributed by atoms with van der Waals surface area (Å²) in [5.74, 6) is -0.273. The van der Waals surface area contributed by atoms with Crippen LogP contribution in [0.15, 0.2) is 76.6 Å². The lowest BCUT2D eigenvalue weighted by Gasteiger charge is -2.23. The molecule has 3 heterocycles. The quantitative estimate of drug-likeness (QED) is 0.0931. The van der Waals surface area contributed by atoms with Crippen LogP contribution in [0.1, 0.15) is 28.3 Å². The third kappa shape index (κ3) is 5.05. The molecule has 1 aromatic heterocycles. The number of ether oxygens (including phenoxy) is 2. The highest BCUT2D eigenvalue weighted by molar-refractivity contribution is 8.00. The Kier molecular flexibility index (Phi) is 7.22. The highest BCUT2D eigenvalue weighted by atomic mass is 35.5. The van der Waals surface area contributed by atoms with Crippen LogP contribution in [0.4, 0.5) is 5.13 Å². The minimum absolute atomic E-state index is 0.0620. The number of Topliss-reactive ketones (excluding diaryl/α,β-unsaturated/α-hetero) is 1. The van der Waals surface area contributed by atoms with Gasteiger partial charge in [-0.05, 0) is 48.4 Å². The summed E-state index contributed by atoms with van der Waals surface area (Å²) in [7, 11) is 0. The third-order valence-electron chi connectivity index (χ3n) is 6.53. The number of carbonyl (C=O) groups is 2. The molecule has 1 amide bonds. The fourth-order valence-electron chi connectivity index (χ4n) is 4.52. The van der Waals surface area contributed by atoms with Gasteiger partial charge >= 0.3 is 5.91 Å². The van der Waals surface area contributed by atoms with E-state index in [2.05, 4.69) is 34.5 Å². The number of amides is 1. The number of aliphatic hydroxyl groups is 1. The third-order valence-corrected chi connectivity index (χ3v) is 8.91. The monoisotopic (exact) mass is 591 g/mol. The van der Waals surface area contributed by atoms with Crippen molar-refractivity contribution in [1.82, 2.24) is 10.2 Å².